The first kappa shape index (κ1) is 22.7. The van der Waals surface area contributed by atoms with Crippen LogP contribution in [0.5, 0.6) is 0 Å². The minimum Gasteiger partial charge on any atom is -0.246 e. The highest BCUT2D eigenvalue weighted by Gasteiger charge is 2.32. The molecule has 2 aromatic carbocycles. The van der Waals surface area contributed by atoms with Gasteiger partial charge in [0.1, 0.15) is 0 Å². The van der Waals surface area contributed by atoms with E-state index in [0.717, 1.165) is 16.8 Å². The van der Waals surface area contributed by atoms with Gasteiger partial charge < -0.3 is 0 Å². The predicted molar refractivity (Wildman–Crippen MR) is 126 cm³/mol. The molecule has 0 aromatic heterocycles. The Morgan fingerprint density at radius 2 is 1.80 bits per heavy atom. The van der Waals surface area contributed by atoms with Crippen LogP contribution in [-0.2, 0) is 10.2 Å². The van der Waals surface area contributed by atoms with Crippen molar-refractivity contribution in [1.82, 2.24) is 14.5 Å². The molecule has 0 fully saturated rings. The molecule has 0 saturated carbocycles. The summed E-state index contributed by atoms with van der Waals surface area (Å²) in [5.74, 6) is -0.0539. The molecule has 30 heavy (non-hydrogen) atoms. The molecule has 0 aliphatic carbocycles. The van der Waals surface area contributed by atoms with Gasteiger partial charge in [-0.15, -0.1) is 0 Å². The van der Waals surface area contributed by atoms with Gasteiger partial charge in [0.05, 0.1) is 12.3 Å². The molecule has 1 heterocycles. The van der Waals surface area contributed by atoms with Crippen molar-refractivity contribution in [3.05, 3.63) is 70.7 Å². The van der Waals surface area contributed by atoms with E-state index in [1.807, 2.05) is 68.4 Å². The topological polar surface area (TPSA) is 73.8 Å². The van der Waals surface area contributed by atoms with E-state index < -0.39 is 10.2 Å². The molecule has 3 rings (SSSR count). The molecule has 2 aromatic rings. The van der Waals surface area contributed by atoms with E-state index in [1.165, 1.54) is 5.01 Å². The molecule has 1 aliphatic rings. The number of hydrazone groups is 1. The standard InChI is InChI=1S/C21H25ClN4O2S2/c1-3-18(4-2)24-30(27,28)25-21(29)26-14-19(15-8-6-5-7-9-15)20(23-26)16-10-12-17(22)13-11-16/h5-13,18-19,24H,3-4,14H2,1-2H3,(H,25,29). The number of rotatable bonds is 7. The van der Waals surface area contributed by atoms with Crippen LogP contribution in [0.25, 0.3) is 0 Å². The summed E-state index contributed by atoms with van der Waals surface area (Å²) in [5, 5.41) is 6.87. The van der Waals surface area contributed by atoms with E-state index in [0.29, 0.717) is 24.4 Å². The van der Waals surface area contributed by atoms with Crippen LogP contribution in [-0.4, -0.2) is 36.8 Å². The Bertz CT molecular complexity index is 1010. The molecule has 0 amide bonds. The summed E-state index contributed by atoms with van der Waals surface area (Å²) in [6.07, 6.45) is 1.39. The molecular weight excluding hydrogens is 440 g/mol. The normalized spacial score (nSPS) is 16.6. The van der Waals surface area contributed by atoms with Gasteiger partial charge in [-0.1, -0.05) is 67.9 Å². The van der Waals surface area contributed by atoms with E-state index in [9.17, 15) is 8.42 Å². The van der Waals surface area contributed by atoms with Gasteiger partial charge in [0, 0.05) is 17.0 Å². The molecule has 0 saturated heterocycles. The SMILES string of the molecule is CCC(CC)NS(=O)(=O)NC(=S)N1CC(c2ccccc2)C(c2ccc(Cl)cc2)=N1. The zero-order valence-electron chi connectivity index (χ0n) is 16.9. The van der Waals surface area contributed by atoms with Crippen molar-refractivity contribution < 1.29 is 8.42 Å². The zero-order chi connectivity index (χ0) is 21.7. The Morgan fingerprint density at radius 3 is 2.40 bits per heavy atom. The molecule has 6 nitrogen and oxygen atoms in total. The summed E-state index contributed by atoms with van der Waals surface area (Å²) in [7, 11) is -3.78. The first-order valence-electron chi connectivity index (χ1n) is 9.84. The smallest absolute Gasteiger partial charge is 0.246 e. The minimum absolute atomic E-state index is 0.0401. The van der Waals surface area contributed by atoms with Gasteiger partial charge in [-0.25, -0.2) is 9.73 Å². The van der Waals surface area contributed by atoms with Crippen LogP contribution in [0.1, 0.15) is 43.7 Å². The van der Waals surface area contributed by atoms with Crippen molar-refractivity contribution in [1.29, 1.82) is 0 Å². The average molecular weight is 465 g/mol. The molecule has 0 spiro atoms. The monoisotopic (exact) mass is 464 g/mol. The second-order valence-electron chi connectivity index (χ2n) is 7.08. The molecule has 0 bridgehead atoms. The lowest BCUT2D eigenvalue weighted by atomic mass is 9.91. The molecule has 9 heteroatoms. The van der Waals surface area contributed by atoms with Crippen molar-refractivity contribution >= 4 is 44.9 Å². The summed E-state index contributed by atoms with van der Waals surface area (Å²) in [6.45, 7) is 4.31. The van der Waals surface area contributed by atoms with Crippen LogP contribution in [0.4, 0.5) is 0 Å². The van der Waals surface area contributed by atoms with Crippen molar-refractivity contribution in [3.63, 3.8) is 0 Å². The molecule has 1 unspecified atom stereocenters. The minimum atomic E-state index is -3.78. The number of thiocarbonyl (C=S) groups is 1. The van der Waals surface area contributed by atoms with Crippen LogP contribution in [0.3, 0.4) is 0 Å². The number of nitrogens with zero attached hydrogens (tertiary/aromatic N) is 2. The highest BCUT2D eigenvalue weighted by Crippen LogP contribution is 2.29. The number of benzene rings is 2. The third kappa shape index (κ3) is 5.57. The Labute approximate surface area is 188 Å². The van der Waals surface area contributed by atoms with Crippen LogP contribution in [0.2, 0.25) is 5.02 Å². The Balaban J connectivity index is 1.85. The Morgan fingerprint density at radius 1 is 1.17 bits per heavy atom. The first-order chi connectivity index (χ1) is 14.3. The van der Waals surface area contributed by atoms with Crippen LogP contribution < -0.4 is 9.44 Å². The average Bonchev–Trinajstić information content (AvgIpc) is 3.18. The van der Waals surface area contributed by atoms with Crippen molar-refractivity contribution in [2.24, 2.45) is 5.10 Å². The summed E-state index contributed by atoms with van der Waals surface area (Å²) in [6, 6.07) is 17.2. The number of halogens is 1. The van der Waals surface area contributed by atoms with Gasteiger partial charge in [-0.05, 0) is 48.3 Å². The van der Waals surface area contributed by atoms with Crippen molar-refractivity contribution in [3.8, 4) is 0 Å². The fourth-order valence-corrected chi connectivity index (χ4v) is 5.07. The van der Waals surface area contributed by atoms with Crippen LogP contribution in [0.15, 0.2) is 59.7 Å². The number of hydrogen-bond acceptors (Lipinski definition) is 4. The molecule has 160 valence electrons. The van der Waals surface area contributed by atoms with Gasteiger partial charge >= 0.3 is 10.2 Å². The van der Waals surface area contributed by atoms with Gasteiger partial charge in [0.25, 0.3) is 0 Å². The highest BCUT2D eigenvalue weighted by atomic mass is 35.5. The third-order valence-corrected chi connectivity index (χ3v) is 6.82. The summed E-state index contributed by atoms with van der Waals surface area (Å²) in [4.78, 5) is 0. The van der Waals surface area contributed by atoms with E-state index in [2.05, 4.69) is 14.5 Å². The number of hydrogen-bond donors (Lipinski definition) is 2. The van der Waals surface area contributed by atoms with E-state index in [4.69, 9.17) is 23.8 Å². The van der Waals surface area contributed by atoms with E-state index in [-0.39, 0.29) is 17.1 Å². The first-order valence-corrected chi connectivity index (χ1v) is 12.1. The molecule has 1 atom stereocenters. The van der Waals surface area contributed by atoms with Gasteiger partial charge in [0.15, 0.2) is 0 Å². The van der Waals surface area contributed by atoms with Gasteiger partial charge in [-0.3, -0.25) is 0 Å². The maximum Gasteiger partial charge on any atom is 0.301 e. The highest BCUT2D eigenvalue weighted by molar-refractivity contribution is 7.90. The van der Waals surface area contributed by atoms with Crippen LogP contribution >= 0.6 is 23.8 Å². The second-order valence-corrected chi connectivity index (χ2v) is 9.35. The summed E-state index contributed by atoms with van der Waals surface area (Å²) >= 11 is 11.4. The van der Waals surface area contributed by atoms with Crippen LogP contribution in [0, 0.1) is 0 Å². The lowest BCUT2D eigenvalue weighted by Crippen LogP contribution is -2.48. The summed E-state index contributed by atoms with van der Waals surface area (Å²) < 4.78 is 30.0. The molecular formula is C21H25ClN4O2S2. The molecule has 1 aliphatic heterocycles. The quantitative estimate of drug-likeness (QED) is 0.606. The Hall–Kier alpha value is -2.00. The second kappa shape index (κ2) is 9.87. The predicted octanol–water partition coefficient (Wildman–Crippen LogP) is 4.04. The third-order valence-electron chi connectivity index (χ3n) is 5.02. The lowest BCUT2D eigenvalue weighted by Gasteiger charge is -2.20. The lowest BCUT2D eigenvalue weighted by molar-refractivity contribution is 0.469. The van der Waals surface area contributed by atoms with Gasteiger partial charge in [-0.2, -0.15) is 18.2 Å². The summed E-state index contributed by atoms with van der Waals surface area (Å²) in [5.41, 5.74) is 2.80. The largest absolute Gasteiger partial charge is 0.301 e. The zero-order valence-corrected chi connectivity index (χ0v) is 19.3. The fraction of sp³-hybridized carbons (Fsp3) is 0.333. The maximum atomic E-state index is 12.5. The van der Waals surface area contributed by atoms with Crippen molar-refractivity contribution in [2.75, 3.05) is 6.54 Å². The van der Waals surface area contributed by atoms with E-state index >= 15 is 0 Å². The van der Waals surface area contributed by atoms with E-state index in [1.54, 1.807) is 0 Å². The maximum absolute atomic E-state index is 12.5. The Kier molecular flexibility index (Phi) is 7.46. The fourth-order valence-electron chi connectivity index (χ4n) is 3.33. The number of nitrogens with one attached hydrogen (secondary N) is 2. The van der Waals surface area contributed by atoms with Gasteiger partial charge in [0.2, 0.25) is 5.11 Å². The molecule has 2 N–H and O–H groups in total. The van der Waals surface area contributed by atoms with Crippen molar-refractivity contribution in [2.45, 2.75) is 38.6 Å². The molecule has 0 radical (unpaired) electrons.